The van der Waals surface area contributed by atoms with Crippen LogP contribution in [0.2, 0.25) is 0 Å². The highest BCUT2D eigenvalue weighted by molar-refractivity contribution is 5.99. The zero-order valence-corrected chi connectivity index (χ0v) is 19.1. The fourth-order valence-electron chi connectivity index (χ4n) is 3.42. The van der Waals surface area contributed by atoms with Crippen molar-refractivity contribution >= 4 is 11.9 Å². The molecular weight excluding hydrogens is 465 g/mol. The third-order valence-electron chi connectivity index (χ3n) is 5.28. The molecule has 3 aromatic rings. The Morgan fingerprint density at radius 2 is 1.77 bits per heavy atom. The van der Waals surface area contributed by atoms with Gasteiger partial charge in [-0.3, -0.25) is 4.79 Å². The van der Waals surface area contributed by atoms with Gasteiger partial charge < -0.3 is 20.3 Å². The molecule has 0 saturated heterocycles. The summed E-state index contributed by atoms with van der Waals surface area (Å²) in [5, 5.41) is 17.7. The number of nitrogens with one attached hydrogen (secondary N) is 2. The van der Waals surface area contributed by atoms with Crippen LogP contribution in [0, 0.1) is 0 Å². The highest BCUT2D eigenvalue weighted by Gasteiger charge is 2.38. The van der Waals surface area contributed by atoms with Gasteiger partial charge in [0.2, 0.25) is 0 Å². The minimum Gasteiger partial charge on any atom is -0.475 e. The molecule has 1 aliphatic heterocycles. The van der Waals surface area contributed by atoms with Gasteiger partial charge in [-0.05, 0) is 29.7 Å². The molecule has 1 aliphatic rings. The first-order valence-electron chi connectivity index (χ1n) is 10.9. The molecule has 3 N–H and O–H groups in total. The Hall–Kier alpha value is -3.73. The summed E-state index contributed by atoms with van der Waals surface area (Å²) < 4.78 is 37.1. The van der Waals surface area contributed by atoms with Gasteiger partial charge in [0, 0.05) is 25.0 Å². The monoisotopic (exact) mass is 490 g/mol. The van der Waals surface area contributed by atoms with E-state index in [4.69, 9.17) is 14.4 Å². The molecule has 35 heavy (non-hydrogen) atoms. The van der Waals surface area contributed by atoms with Gasteiger partial charge in [-0.15, -0.1) is 0 Å². The smallest absolute Gasteiger partial charge is 0.475 e. The van der Waals surface area contributed by atoms with Crippen LogP contribution in [0.4, 0.5) is 13.2 Å². The van der Waals surface area contributed by atoms with E-state index in [0.717, 1.165) is 13.0 Å². The molecule has 2 heterocycles. The Balaban J connectivity index is 0.000000429. The van der Waals surface area contributed by atoms with Gasteiger partial charge in [-0.25, -0.2) is 4.79 Å². The van der Waals surface area contributed by atoms with E-state index in [0.29, 0.717) is 29.4 Å². The second-order valence-corrected chi connectivity index (χ2v) is 8.22. The number of alkyl halides is 3. The molecule has 0 bridgehead atoms. The average Bonchev–Trinajstić information content (AvgIpc) is 3.33. The van der Waals surface area contributed by atoms with Crippen molar-refractivity contribution in [2.45, 2.75) is 44.9 Å². The van der Waals surface area contributed by atoms with Crippen LogP contribution in [0.15, 0.2) is 53.1 Å². The van der Waals surface area contributed by atoms with Gasteiger partial charge in [0.05, 0.1) is 11.1 Å². The topological polar surface area (TPSA) is 117 Å². The minimum atomic E-state index is -5.08. The van der Waals surface area contributed by atoms with E-state index in [1.807, 2.05) is 32.0 Å². The lowest BCUT2D eigenvalue weighted by Gasteiger charge is -2.26. The number of hydrogen-bond acceptors (Lipinski definition) is 6. The average molecular weight is 490 g/mol. The first kappa shape index (κ1) is 25.9. The van der Waals surface area contributed by atoms with E-state index in [-0.39, 0.29) is 17.9 Å². The zero-order chi connectivity index (χ0) is 25.6. The molecule has 4 rings (SSSR count). The first-order chi connectivity index (χ1) is 16.6. The molecule has 0 radical (unpaired) electrons. The first-order valence-corrected chi connectivity index (χ1v) is 10.9. The van der Waals surface area contributed by atoms with Crippen LogP contribution in [0.3, 0.4) is 0 Å². The Morgan fingerprint density at radius 3 is 2.40 bits per heavy atom. The lowest BCUT2D eigenvalue weighted by molar-refractivity contribution is -0.192. The zero-order valence-electron chi connectivity index (χ0n) is 19.1. The summed E-state index contributed by atoms with van der Waals surface area (Å²) in [6, 6.07) is 16.0. The number of carboxylic acids is 1. The molecule has 1 unspecified atom stereocenters. The molecule has 1 aromatic heterocycles. The quantitative estimate of drug-likeness (QED) is 0.496. The number of halogens is 3. The largest absolute Gasteiger partial charge is 0.490 e. The van der Waals surface area contributed by atoms with Crippen molar-refractivity contribution in [3.8, 4) is 11.5 Å². The molecule has 11 heteroatoms. The summed E-state index contributed by atoms with van der Waals surface area (Å²) in [5.41, 5.74) is 3.86. The van der Waals surface area contributed by atoms with Crippen LogP contribution in [-0.4, -0.2) is 45.9 Å². The second-order valence-electron chi connectivity index (χ2n) is 8.22. The van der Waals surface area contributed by atoms with Gasteiger partial charge in [0.25, 0.3) is 11.8 Å². The van der Waals surface area contributed by atoms with E-state index in [2.05, 4.69) is 45.0 Å². The number of amides is 1. The van der Waals surface area contributed by atoms with Gasteiger partial charge in [-0.1, -0.05) is 55.4 Å². The Labute approximate surface area is 199 Å². The SMILES string of the molecule is CC(C)c1noc(-c2ccccc2C(=O)NCC2Cc3ccccc3CN2)n1.O=C(O)C(F)(F)F. The Morgan fingerprint density at radius 1 is 1.14 bits per heavy atom. The number of aromatic nitrogens is 2. The number of aliphatic carboxylic acids is 1. The highest BCUT2D eigenvalue weighted by Crippen LogP contribution is 2.24. The van der Waals surface area contributed by atoms with Crippen molar-refractivity contribution in [1.82, 2.24) is 20.8 Å². The number of carbonyl (C=O) groups is 2. The van der Waals surface area contributed by atoms with Gasteiger partial charge in [0.15, 0.2) is 5.82 Å². The fraction of sp³-hybridized carbons (Fsp3) is 0.333. The summed E-state index contributed by atoms with van der Waals surface area (Å²) in [7, 11) is 0. The molecule has 0 saturated carbocycles. The van der Waals surface area contributed by atoms with Crippen molar-refractivity contribution in [3.63, 3.8) is 0 Å². The minimum absolute atomic E-state index is 0.138. The van der Waals surface area contributed by atoms with Crippen LogP contribution in [0.1, 0.15) is 47.1 Å². The molecule has 0 aliphatic carbocycles. The van der Waals surface area contributed by atoms with E-state index in [9.17, 15) is 18.0 Å². The highest BCUT2D eigenvalue weighted by atomic mass is 19.4. The molecule has 8 nitrogen and oxygen atoms in total. The van der Waals surface area contributed by atoms with Crippen molar-refractivity contribution in [1.29, 1.82) is 0 Å². The molecule has 0 spiro atoms. The van der Waals surface area contributed by atoms with Crippen molar-refractivity contribution in [3.05, 3.63) is 71.0 Å². The predicted octanol–water partition coefficient (Wildman–Crippen LogP) is 3.94. The van der Waals surface area contributed by atoms with E-state index < -0.39 is 12.1 Å². The van der Waals surface area contributed by atoms with Crippen molar-refractivity contribution < 1.29 is 32.4 Å². The van der Waals surface area contributed by atoms with E-state index in [1.165, 1.54) is 11.1 Å². The van der Waals surface area contributed by atoms with Crippen LogP contribution in [0.5, 0.6) is 0 Å². The van der Waals surface area contributed by atoms with Crippen molar-refractivity contribution in [2.75, 3.05) is 6.54 Å². The number of benzene rings is 2. The predicted molar refractivity (Wildman–Crippen MR) is 121 cm³/mol. The van der Waals surface area contributed by atoms with Crippen LogP contribution in [-0.2, 0) is 17.8 Å². The lowest BCUT2D eigenvalue weighted by Crippen LogP contribution is -2.44. The van der Waals surface area contributed by atoms with Crippen LogP contribution in [0.25, 0.3) is 11.5 Å². The lowest BCUT2D eigenvalue weighted by atomic mass is 9.96. The Kier molecular flexibility index (Phi) is 8.23. The normalized spacial score (nSPS) is 15.1. The maximum absolute atomic E-state index is 12.8. The summed E-state index contributed by atoms with van der Waals surface area (Å²) in [6.07, 6.45) is -4.18. The maximum atomic E-state index is 12.8. The van der Waals surface area contributed by atoms with Crippen LogP contribution >= 0.6 is 0 Å². The molecule has 1 atom stereocenters. The third-order valence-corrected chi connectivity index (χ3v) is 5.28. The molecule has 2 aromatic carbocycles. The van der Waals surface area contributed by atoms with Gasteiger partial charge in [-0.2, -0.15) is 18.2 Å². The summed E-state index contributed by atoms with van der Waals surface area (Å²) in [4.78, 5) is 26.2. The fourth-order valence-corrected chi connectivity index (χ4v) is 3.42. The number of fused-ring (bicyclic) bond motifs is 1. The number of hydrogen-bond donors (Lipinski definition) is 3. The van der Waals surface area contributed by atoms with Crippen LogP contribution < -0.4 is 10.6 Å². The molecular formula is C24H25F3N4O4. The number of carboxylic acid groups (broad SMARTS) is 1. The maximum Gasteiger partial charge on any atom is 0.490 e. The summed E-state index contributed by atoms with van der Waals surface area (Å²) in [6.45, 7) is 5.39. The van der Waals surface area contributed by atoms with E-state index >= 15 is 0 Å². The molecule has 0 fully saturated rings. The standard InChI is InChI=1S/C22H24N4O2.C2HF3O2/c1-14(2)20-25-22(28-26-20)19-10-6-5-9-18(19)21(27)24-13-17-11-15-7-3-4-8-16(15)12-23-17;3-2(4,5)1(6)7/h3-10,14,17,23H,11-13H2,1-2H3,(H,24,27);(H,6,7). The van der Waals surface area contributed by atoms with Gasteiger partial charge >= 0.3 is 12.1 Å². The summed E-state index contributed by atoms with van der Waals surface area (Å²) >= 11 is 0. The summed E-state index contributed by atoms with van der Waals surface area (Å²) in [5.74, 6) is -1.72. The van der Waals surface area contributed by atoms with E-state index in [1.54, 1.807) is 6.07 Å². The molecule has 1 amide bonds. The Bertz CT molecular complexity index is 1180. The molecule has 186 valence electrons. The number of carbonyl (C=O) groups excluding carboxylic acids is 1. The van der Waals surface area contributed by atoms with Crippen molar-refractivity contribution in [2.24, 2.45) is 0 Å². The third kappa shape index (κ3) is 6.89. The number of nitrogens with zero attached hydrogens (tertiary/aromatic N) is 2. The number of rotatable bonds is 5. The second kappa shape index (κ2) is 11.1. The van der Waals surface area contributed by atoms with Gasteiger partial charge in [0.1, 0.15) is 0 Å².